The molecule has 0 N–H and O–H groups in total. The molecule has 0 saturated heterocycles. The molecule has 2 atom stereocenters. The molecular weight excluding hydrogens is 208 g/mol. The van der Waals surface area contributed by atoms with Crippen LogP contribution >= 0.6 is 0 Å². The quantitative estimate of drug-likeness (QED) is 0.668. The number of hydrogen-bond acceptors (Lipinski definition) is 4. The Bertz CT molecular complexity index is 356. The molecule has 4 nitrogen and oxygen atoms in total. The Kier molecular flexibility index (Phi) is 2.99. The molecular formula is C12H16O4. The first kappa shape index (κ1) is 11.2. The molecule has 0 spiro atoms. The third-order valence-electron chi connectivity index (χ3n) is 3.34. The van der Waals surface area contributed by atoms with Crippen molar-refractivity contribution in [2.75, 3.05) is 7.11 Å². The summed E-state index contributed by atoms with van der Waals surface area (Å²) in [6.07, 6.45) is 2.77. The minimum Gasteiger partial charge on any atom is -0.469 e. The fourth-order valence-electron chi connectivity index (χ4n) is 2.39. The third kappa shape index (κ3) is 1.96. The maximum absolute atomic E-state index is 11.6. The van der Waals surface area contributed by atoms with E-state index < -0.39 is 0 Å². The Labute approximate surface area is 94.6 Å². The van der Waals surface area contributed by atoms with Gasteiger partial charge in [-0.3, -0.25) is 4.79 Å². The Morgan fingerprint density at radius 1 is 1.56 bits per heavy atom. The van der Waals surface area contributed by atoms with Gasteiger partial charge < -0.3 is 9.47 Å². The summed E-state index contributed by atoms with van der Waals surface area (Å²) in [7, 11) is 1.33. The van der Waals surface area contributed by atoms with Gasteiger partial charge in [-0.05, 0) is 30.8 Å². The number of ether oxygens (including phenoxy) is 2. The summed E-state index contributed by atoms with van der Waals surface area (Å²) < 4.78 is 9.85. The van der Waals surface area contributed by atoms with Gasteiger partial charge in [0.2, 0.25) is 0 Å². The van der Waals surface area contributed by atoms with E-state index in [1.807, 2.05) is 0 Å². The molecule has 0 radical (unpaired) electrons. The van der Waals surface area contributed by atoms with Crippen LogP contribution in [-0.2, 0) is 19.1 Å². The van der Waals surface area contributed by atoms with E-state index in [2.05, 4.69) is 11.7 Å². The van der Waals surface area contributed by atoms with Gasteiger partial charge in [-0.1, -0.05) is 6.92 Å². The number of esters is 2. The number of fused-ring (bicyclic) bond motifs is 1. The first-order valence-corrected chi connectivity index (χ1v) is 5.61. The smallest absolute Gasteiger partial charge is 0.335 e. The van der Waals surface area contributed by atoms with Crippen molar-refractivity contribution in [2.24, 2.45) is 5.92 Å². The summed E-state index contributed by atoms with van der Waals surface area (Å²) in [5.41, 5.74) is 1.55. The van der Waals surface area contributed by atoms with Crippen molar-refractivity contribution >= 4 is 11.9 Å². The van der Waals surface area contributed by atoms with Gasteiger partial charge in [0, 0.05) is 0 Å². The second-order valence-corrected chi connectivity index (χ2v) is 4.53. The summed E-state index contributed by atoms with van der Waals surface area (Å²) in [6.45, 7) is 2.16. The molecule has 0 aromatic heterocycles. The highest BCUT2D eigenvalue weighted by Gasteiger charge is 2.37. The second-order valence-electron chi connectivity index (χ2n) is 4.53. The fraction of sp³-hybridized carbons (Fsp3) is 0.667. The standard InChI is InChI=1S/C12H16O4/c1-7-3-4-8-9(6-11(13)15-2)12(14)16-10(8)5-7/h7,10H,3-6H2,1-2H3. The van der Waals surface area contributed by atoms with Crippen LogP contribution in [0.5, 0.6) is 0 Å². The Hall–Kier alpha value is -1.32. The van der Waals surface area contributed by atoms with Crippen LogP contribution in [0.25, 0.3) is 0 Å². The van der Waals surface area contributed by atoms with E-state index in [9.17, 15) is 9.59 Å². The summed E-state index contributed by atoms with van der Waals surface area (Å²) in [5.74, 6) is -0.128. The van der Waals surface area contributed by atoms with Crippen LogP contribution in [0.2, 0.25) is 0 Å². The molecule has 2 unspecified atom stereocenters. The predicted molar refractivity (Wildman–Crippen MR) is 56.6 cm³/mol. The molecule has 16 heavy (non-hydrogen) atoms. The fourth-order valence-corrected chi connectivity index (χ4v) is 2.39. The van der Waals surface area contributed by atoms with Gasteiger partial charge >= 0.3 is 11.9 Å². The van der Waals surface area contributed by atoms with Crippen molar-refractivity contribution in [3.8, 4) is 0 Å². The van der Waals surface area contributed by atoms with Gasteiger partial charge in [0.25, 0.3) is 0 Å². The van der Waals surface area contributed by atoms with E-state index in [-0.39, 0.29) is 24.5 Å². The monoisotopic (exact) mass is 224 g/mol. The van der Waals surface area contributed by atoms with E-state index in [1.165, 1.54) is 7.11 Å². The summed E-state index contributed by atoms with van der Waals surface area (Å²) in [4.78, 5) is 22.8. The van der Waals surface area contributed by atoms with Crippen LogP contribution < -0.4 is 0 Å². The summed E-state index contributed by atoms with van der Waals surface area (Å²) >= 11 is 0. The van der Waals surface area contributed by atoms with Crippen LogP contribution in [0.3, 0.4) is 0 Å². The highest BCUT2D eigenvalue weighted by Crippen LogP contribution is 2.38. The highest BCUT2D eigenvalue weighted by molar-refractivity contribution is 5.97. The molecule has 1 aliphatic carbocycles. The van der Waals surface area contributed by atoms with Crippen LogP contribution in [0.4, 0.5) is 0 Å². The topological polar surface area (TPSA) is 52.6 Å². The van der Waals surface area contributed by atoms with Crippen molar-refractivity contribution in [3.05, 3.63) is 11.1 Å². The molecule has 88 valence electrons. The van der Waals surface area contributed by atoms with E-state index in [1.54, 1.807) is 0 Å². The average molecular weight is 224 g/mol. The Balaban J connectivity index is 2.17. The van der Waals surface area contributed by atoms with Crippen molar-refractivity contribution in [3.63, 3.8) is 0 Å². The van der Waals surface area contributed by atoms with Crippen LogP contribution in [-0.4, -0.2) is 25.2 Å². The van der Waals surface area contributed by atoms with Gasteiger partial charge in [-0.15, -0.1) is 0 Å². The first-order valence-electron chi connectivity index (χ1n) is 5.61. The van der Waals surface area contributed by atoms with Gasteiger partial charge in [-0.25, -0.2) is 4.79 Å². The zero-order chi connectivity index (χ0) is 11.7. The maximum Gasteiger partial charge on any atom is 0.335 e. The SMILES string of the molecule is COC(=O)CC1=C2CCC(C)CC2OC1=O. The summed E-state index contributed by atoms with van der Waals surface area (Å²) in [6, 6.07) is 0. The van der Waals surface area contributed by atoms with Crippen LogP contribution in [0, 0.1) is 5.92 Å². The number of rotatable bonds is 2. The van der Waals surface area contributed by atoms with E-state index in [0.717, 1.165) is 24.8 Å². The molecule has 0 amide bonds. The van der Waals surface area contributed by atoms with Crippen LogP contribution in [0.1, 0.15) is 32.6 Å². The lowest BCUT2D eigenvalue weighted by Crippen LogP contribution is -2.20. The van der Waals surface area contributed by atoms with Gasteiger partial charge in [0.1, 0.15) is 6.10 Å². The largest absolute Gasteiger partial charge is 0.469 e. The molecule has 1 fully saturated rings. The molecule has 2 rings (SSSR count). The molecule has 1 saturated carbocycles. The molecule has 4 heteroatoms. The minimum absolute atomic E-state index is 0.0511. The van der Waals surface area contributed by atoms with Crippen molar-refractivity contribution in [2.45, 2.75) is 38.7 Å². The number of carbonyl (C=O) groups is 2. The predicted octanol–water partition coefficient (Wildman–Crippen LogP) is 1.59. The molecule has 0 bridgehead atoms. The molecule has 1 heterocycles. The van der Waals surface area contributed by atoms with Gasteiger partial charge in [0.15, 0.2) is 0 Å². The minimum atomic E-state index is -0.376. The van der Waals surface area contributed by atoms with Gasteiger partial charge in [0.05, 0.1) is 19.1 Å². The molecule has 2 aliphatic rings. The zero-order valence-corrected chi connectivity index (χ0v) is 9.62. The number of methoxy groups -OCH3 is 1. The van der Waals surface area contributed by atoms with Crippen molar-refractivity contribution < 1.29 is 19.1 Å². The van der Waals surface area contributed by atoms with Gasteiger partial charge in [-0.2, -0.15) is 0 Å². The van der Waals surface area contributed by atoms with Crippen molar-refractivity contribution in [1.82, 2.24) is 0 Å². The first-order chi connectivity index (χ1) is 7.61. The van der Waals surface area contributed by atoms with E-state index in [4.69, 9.17) is 4.74 Å². The second kappa shape index (κ2) is 4.28. The normalized spacial score (nSPS) is 28.8. The number of hydrogen-bond donors (Lipinski definition) is 0. The lowest BCUT2D eigenvalue weighted by Gasteiger charge is -2.24. The highest BCUT2D eigenvalue weighted by atomic mass is 16.6. The summed E-state index contributed by atoms with van der Waals surface area (Å²) in [5, 5.41) is 0. The molecule has 0 aromatic carbocycles. The third-order valence-corrected chi connectivity index (χ3v) is 3.34. The Morgan fingerprint density at radius 3 is 3.00 bits per heavy atom. The lowest BCUT2D eigenvalue weighted by molar-refractivity contribution is -0.144. The Morgan fingerprint density at radius 2 is 2.31 bits per heavy atom. The zero-order valence-electron chi connectivity index (χ0n) is 9.62. The molecule has 0 aromatic rings. The van der Waals surface area contributed by atoms with Crippen LogP contribution in [0.15, 0.2) is 11.1 Å². The molecule has 1 aliphatic heterocycles. The lowest BCUT2D eigenvalue weighted by atomic mass is 9.83. The van der Waals surface area contributed by atoms with Crippen molar-refractivity contribution in [1.29, 1.82) is 0 Å². The average Bonchev–Trinajstić information content (AvgIpc) is 2.54. The number of carbonyl (C=O) groups excluding carboxylic acids is 2. The van der Waals surface area contributed by atoms with E-state index >= 15 is 0 Å². The van der Waals surface area contributed by atoms with E-state index in [0.29, 0.717) is 11.5 Å². The maximum atomic E-state index is 11.6.